The molecular formula is C21H23N5O2S. The Hall–Kier alpha value is -2.74. The highest BCUT2D eigenvalue weighted by atomic mass is 32.1. The number of aromatic amines is 1. The van der Waals surface area contributed by atoms with Crippen LogP contribution in [0, 0.1) is 0 Å². The molecule has 1 amide bonds. The van der Waals surface area contributed by atoms with Crippen LogP contribution in [0.3, 0.4) is 0 Å². The smallest absolute Gasteiger partial charge is 0.259 e. The van der Waals surface area contributed by atoms with E-state index in [0.29, 0.717) is 18.7 Å². The van der Waals surface area contributed by atoms with Crippen molar-refractivity contribution in [2.75, 3.05) is 18.0 Å². The summed E-state index contributed by atoms with van der Waals surface area (Å²) in [5.41, 5.74) is 1.12. The number of thiophene rings is 1. The molecule has 5 rings (SSSR count). The molecule has 4 heterocycles. The average Bonchev–Trinajstić information content (AvgIpc) is 3.43. The molecule has 1 aliphatic carbocycles. The van der Waals surface area contributed by atoms with Gasteiger partial charge in [-0.3, -0.25) is 9.59 Å². The zero-order valence-corrected chi connectivity index (χ0v) is 16.9. The molecule has 3 aromatic heterocycles. The largest absolute Gasteiger partial charge is 0.354 e. The number of nitrogens with one attached hydrogen (secondary N) is 2. The second-order valence-electron chi connectivity index (χ2n) is 7.74. The zero-order chi connectivity index (χ0) is 19.8. The number of hydrogen-bond acceptors (Lipinski definition) is 6. The van der Waals surface area contributed by atoms with Crippen molar-refractivity contribution < 1.29 is 4.79 Å². The molecule has 1 unspecified atom stereocenters. The second-order valence-corrected chi connectivity index (χ2v) is 8.82. The monoisotopic (exact) mass is 409 g/mol. The van der Waals surface area contributed by atoms with Gasteiger partial charge in [-0.25, -0.2) is 9.97 Å². The molecule has 0 radical (unpaired) electrons. The van der Waals surface area contributed by atoms with Gasteiger partial charge < -0.3 is 15.2 Å². The highest BCUT2D eigenvalue weighted by Gasteiger charge is 2.25. The van der Waals surface area contributed by atoms with Gasteiger partial charge in [0.1, 0.15) is 16.5 Å². The molecule has 1 aliphatic heterocycles. The molecule has 0 bridgehead atoms. The molecule has 7 nitrogen and oxygen atoms in total. The molecule has 29 heavy (non-hydrogen) atoms. The Labute approximate surface area is 172 Å². The predicted octanol–water partition coefficient (Wildman–Crippen LogP) is 2.20. The summed E-state index contributed by atoms with van der Waals surface area (Å²) in [6, 6.07) is 5.99. The standard InChI is InChI=1S/C21H23N5O2S/c27-18(23-13-9-11-26(12-13)17-6-1-2-10-22-17)8-7-16-24-20(28)19-14-4-3-5-15(14)29-21(19)25-16/h1-2,6,10,13H,3-5,7-9,11-12H2,(H,23,27)(H,24,25,28). The minimum absolute atomic E-state index is 0.00529. The van der Waals surface area contributed by atoms with E-state index in [0.717, 1.165) is 54.8 Å². The van der Waals surface area contributed by atoms with Crippen molar-refractivity contribution in [1.82, 2.24) is 20.3 Å². The third-order valence-corrected chi connectivity index (χ3v) is 6.93. The second kappa shape index (κ2) is 7.59. The van der Waals surface area contributed by atoms with E-state index in [4.69, 9.17) is 0 Å². The number of aryl methyl sites for hydroxylation is 3. The number of carbonyl (C=O) groups is 1. The molecule has 2 N–H and O–H groups in total. The molecule has 0 spiro atoms. The Morgan fingerprint density at radius 2 is 2.28 bits per heavy atom. The van der Waals surface area contributed by atoms with Gasteiger partial charge in [-0.05, 0) is 43.4 Å². The lowest BCUT2D eigenvalue weighted by atomic mass is 10.2. The SMILES string of the molecule is O=C(CCc1nc2sc3c(c2c(=O)[nH]1)CCC3)NC1CCN(c2ccccn2)C1. The van der Waals surface area contributed by atoms with E-state index >= 15 is 0 Å². The lowest BCUT2D eigenvalue weighted by Crippen LogP contribution is -2.37. The van der Waals surface area contributed by atoms with Gasteiger partial charge in [-0.1, -0.05) is 6.07 Å². The van der Waals surface area contributed by atoms with Gasteiger partial charge in [0.2, 0.25) is 5.91 Å². The Balaban J connectivity index is 1.19. The molecule has 1 saturated heterocycles. The van der Waals surface area contributed by atoms with Crippen LogP contribution < -0.4 is 15.8 Å². The maximum absolute atomic E-state index is 12.5. The fraction of sp³-hybridized carbons (Fsp3) is 0.429. The minimum atomic E-state index is -0.0633. The maximum atomic E-state index is 12.5. The third kappa shape index (κ3) is 3.64. The lowest BCUT2D eigenvalue weighted by molar-refractivity contribution is -0.121. The number of pyridine rings is 1. The number of anilines is 1. The Bertz CT molecular complexity index is 1110. The first-order valence-corrected chi connectivity index (χ1v) is 11.0. The van der Waals surface area contributed by atoms with E-state index < -0.39 is 0 Å². The fourth-order valence-electron chi connectivity index (χ4n) is 4.32. The van der Waals surface area contributed by atoms with E-state index in [9.17, 15) is 9.59 Å². The highest BCUT2D eigenvalue weighted by Crippen LogP contribution is 2.34. The summed E-state index contributed by atoms with van der Waals surface area (Å²) < 4.78 is 0. The Morgan fingerprint density at radius 1 is 1.34 bits per heavy atom. The van der Waals surface area contributed by atoms with Gasteiger partial charge in [-0.15, -0.1) is 11.3 Å². The van der Waals surface area contributed by atoms with Crippen molar-refractivity contribution in [2.24, 2.45) is 0 Å². The first kappa shape index (κ1) is 18.3. The van der Waals surface area contributed by atoms with Crippen LogP contribution in [-0.4, -0.2) is 40.0 Å². The van der Waals surface area contributed by atoms with Crippen LogP contribution in [-0.2, 0) is 24.1 Å². The number of fused-ring (bicyclic) bond motifs is 3. The zero-order valence-electron chi connectivity index (χ0n) is 16.1. The maximum Gasteiger partial charge on any atom is 0.259 e. The van der Waals surface area contributed by atoms with Gasteiger partial charge in [0, 0.05) is 43.0 Å². The van der Waals surface area contributed by atoms with Crippen LogP contribution in [0.2, 0.25) is 0 Å². The third-order valence-electron chi connectivity index (χ3n) is 5.74. The van der Waals surface area contributed by atoms with Gasteiger partial charge in [0.25, 0.3) is 5.56 Å². The summed E-state index contributed by atoms with van der Waals surface area (Å²) in [4.78, 5) is 41.1. The van der Waals surface area contributed by atoms with E-state index in [1.807, 2.05) is 18.2 Å². The number of H-pyrrole nitrogens is 1. The van der Waals surface area contributed by atoms with Crippen molar-refractivity contribution in [2.45, 2.75) is 44.6 Å². The number of hydrogen-bond donors (Lipinski definition) is 2. The molecule has 2 aliphatic rings. The summed E-state index contributed by atoms with van der Waals surface area (Å²) >= 11 is 1.63. The van der Waals surface area contributed by atoms with Crippen LogP contribution in [0.4, 0.5) is 5.82 Å². The summed E-state index contributed by atoms with van der Waals surface area (Å²) in [5.74, 6) is 1.54. The lowest BCUT2D eigenvalue weighted by Gasteiger charge is -2.17. The number of rotatable bonds is 5. The number of aromatic nitrogens is 3. The van der Waals surface area contributed by atoms with Crippen LogP contribution in [0.1, 0.15) is 35.5 Å². The topological polar surface area (TPSA) is 91.0 Å². The van der Waals surface area contributed by atoms with Crippen molar-refractivity contribution in [1.29, 1.82) is 0 Å². The number of carbonyl (C=O) groups excluding carboxylic acids is 1. The number of amides is 1. The molecule has 3 aromatic rings. The van der Waals surface area contributed by atoms with Gasteiger partial charge >= 0.3 is 0 Å². The molecule has 8 heteroatoms. The predicted molar refractivity (Wildman–Crippen MR) is 114 cm³/mol. The van der Waals surface area contributed by atoms with Crippen LogP contribution >= 0.6 is 11.3 Å². The average molecular weight is 410 g/mol. The van der Waals surface area contributed by atoms with Crippen molar-refractivity contribution in [3.05, 3.63) is 51.0 Å². The van der Waals surface area contributed by atoms with Crippen LogP contribution in [0.25, 0.3) is 10.2 Å². The van der Waals surface area contributed by atoms with E-state index in [-0.39, 0.29) is 17.5 Å². The number of nitrogens with zero attached hydrogens (tertiary/aromatic N) is 3. The summed E-state index contributed by atoms with van der Waals surface area (Å²) in [5, 5.41) is 3.87. The summed E-state index contributed by atoms with van der Waals surface area (Å²) in [6.45, 7) is 1.65. The first-order chi connectivity index (χ1) is 14.2. The van der Waals surface area contributed by atoms with Crippen LogP contribution in [0.5, 0.6) is 0 Å². The quantitative estimate of drug-likeness (QED) is 0.674. The van der Waals surface area contributed by atoms with Gasteiger partial charge in [-0.2, -0.15) is 0 Å². The molecule has 0 saturated carbocycles. The minimum Gasteiger partial charge on any atom is -0.354 e. The van der Waals surface area contributed by atoms with Crippen molar-refractivity contribution >= 4 is 33.3 Å². The Kier molecular flexibility index (Phi) is 4.79. The first-order valence-electron chi connectivity index (χ1n) is 10.2. The summed E-state index contributed by atoms with van der Waals surface area (Å²) in [6.07, 6.45) is 6.59. The highest BCUT2D eigenvalue weighted by molar-refractivity contribution is 7.18. The molecule has 1 fully saturated rings. The Morgan fingerprint density at radius 3 is 3.14 bits per heavy atom. The molecule has 150 valence electrons. The normalized spacial score (nSPS) is 18.3. The van der Waals surface area contributed by atoms with E-state index in [1.54, 1.807) is 17.5 Å². The summed E-state index contributed by atoms with van der Waals surface area (Å²) in [7, 11) is 0. The van der Waals surface area contributed by atoms with Crippen molar-refractivity contribution in [3.63, 3.8) is 0 Å². The van der Waals surface area contributed by atoms with Crippen molar-refractivity contribution in [3.8, 4) is 0 Å². The molecular weight excluding hydrogens is 386 g/mol. The fourth-order valence-corrected chi connectivity index (χ4v) is 5.60. The van der Waals surface area contributed by atoms with E-state index in [2.05, 4.69) is 25.2 Å². The molecule has 0 aromatic carbocycles. The van der Waals surface area contributed by atoms with E-state index in [1.165, 1.54) is 10.4 Å². The van der Waals surface area contributed by atoms with Gasteiger partial charge in [0.05, 0.1) is 5.39 Å². The van der Waals surface area contributed by atoms with Gasteiger partial charge in [0.15, 0.2) is 0 Å². The van der Waals surface area contributed by atoms with Crippen LogP contribution in [0.15, 0.2) is 29.2 Å². The molecule has 1 atom stereocenters.